The third-order valence-corrected chi connectivity index (χ3v) is 1.28. The molecule has 0 saturated carbocycles. The first-order valence-electron chi connectivity index (χ1n) is 2.33. The Morgan fingerprint density at radius 3 is 1.70 bits per heavy atom. The van der Waals surface area contributed by atoms with Crippen molar-refractivity contribution in [2.45, 2.75) is 0 Å². The Kier molecular flexibility index (Phi) is 3.94. The fraction of sp³-hybridized carbons (Fsp3) is 0. The van der Waals surface area contributed by atoms with Gasteiger partial charge in [-0.2, -0.15) is 13.5 Å². The van der Waals surface area contributed by atoms with Gasteiger partial charge in [0.15, 0.2) is 0 Å². The Balaban J connectivity index is 0.000000810. The first-order valence-corrected chi connectivity index (χ1v) is 3.09. The van der Waals surface area contributed by atoms with E-state index in [1.807, 2.05) is 0 Å². The molecular weight excluding hydrogens is 191 g/mol. The number of hydrogen-bond acceptors (Lipinski definition) is 1. The van der Waals surface area contributed by atoms with Crippen molar-refractivity contribution in [3.63, 3.8) is 0 Å². The maximum Gasteiger partial charge on any atom is 0.118 e. The van der Waals surface area contributed by atoms with Crippen LogP contribution in [0.5, 0.6) is 5.75 Å². The van der Waals surface area contributed by atoms with E-state index in [0.29, 0.717) is 10.0 Å². The molecule has 1 N–H and O–H groups in total. The van der Waals surface area contributed by atoms with E-state index in [4.69, 9.17) is 28.3 Å². The molecule has 0 amide bonds. The number of halogens is 2. The molecular formula is C6H6Cl2OS. The number of hydrogen-bond donors (Lipinski definition) is 1. The summed E-state index contributed by atoms with van der Waals surface area (Å²) in [6, 6.07) is 4.41. The molecule has 0 aliphatic rings. The summed E-state index contributed by atoms with van der Waals surface area (Å²) in [6.07, 6.45) is 0. The van der Waals surface area contributed by atoms with Gasteiger partial charge in [-0.25, -0.2) is 0 Å². The molecule has 0 aliphatic heterocycles. The molecule has 0 fully saturated rings. The average molecular weight is 197 g/mol. The van der Waals surface area contributed by atoms with Crippen molar-refractivity contribution >= 4 is 36.7 Å². The van der Waals surface area contributed by atoms with Crippen molar-refractivity contribution in [1.29, 1.82) is 0 Å². The molecule has 56 valence electrons. The molecule has 1 aromatic rings. The number of phenolic OH excluding ortho intramolecular Hbond substituents is 1. The minimum atomic E-state index is 0. The zero-order valence-corrected chi connectivity index (χ0v) is 7.45. The van der Waals surface area contributed by atoms with Crippen LogP contribution in [0, 0.1) is 0 Å². The van der Waals surface area contributed by atoms with Crippen molar-refractivity contribution in [2.24, 2.45) is 0 Å². The van der Waals surface area contributed by atoms with Crippen LogP contribution in [0.1, 0.15) is 0 Å². The minimum absolute atomic E-state index is 0. The van der Waals surface area contributed by atoms with E-state index in [-0.39, 0.29) is 19.2 Å². The van der Waals surface area contributed by atoms with Gasteiger partial charge in [-0.1, -0.05) is 23.2 Å². The smallest absolute Gasteiger partial charge is 0.118 e. The van der Waals surface area contributed by atoms with Gasteiger partial charge in [0.25, 0.3) is 0 Å². The Hall–Kier alpha value is -0.0500. The molecule has 1 aromatic carbocycles. The molecule has 0 spiro atoms. The van der Waals surface area contributed by atoms with E-state index in [1.165, 1.54) is 12.1 Å². The van der Waals surface area contributed by atoms with E-state index >= 15 is 0 Å². The highest BCUT2D eigenvalue weighted by Gasteiger charge is 1.93. The highest BCUT2D eigenvalue weighted by molar-refractivity contribution is 7.59. The molecule has 0 aromatic heterocycles. The maximum absolute atomic E-state index is 8.82. The van der Waals surface area contributed by atoms with Crippen LogP contribution in [0.2, 0.25) is 10.0 Å². The van der Waals surface area contributed by atoms with Crippen LogP contribution in [-0.2, 0) is 0 Å². The van der Waals surface area contributed by atoms with Crippen molar-refractivity contribution in [3.05, 3.63) is 28.2 Å². The van der Waals surface area contributed by atoms with Crippen LogP contribution in [0.3, 0.4) is 0 Å². The first kappa shape index (κ1) is 9.95. The molecule has 0 atom stereocenters. The fourth-order valence-electron chi connectivity index (χ4n) is 0.539. The summed E-state index contributed by atoms with van der Waals surface area (Å²) < 4.78 is 0. The number of rotatable bonds is 0. The Morgan fingerprint density at radius 1 is 1.00 bits per heavy atom. The summed E-state index contributed by atoms with van der Waals surface area (Å²) >= 11 is 11.0. The van der Waals surface area contributed by atoms with Crippen LogP contribution in [-0.4, -0.2) is 5.11 Å². The predicted molar refractivity (Wildman–Crippen MR) is 48.5 cm³/mol. The van der Waals surface area contributed by atoms with E-state index in [2.05, 4.69) is 0 Å². The topological polar surface area (TPSA) is 20.2 Å². The lowest BCUT2D eigenvalue weighted by Gasteiger charge is -1.92. The van der Waals surface area contributed by atoms with E-state index in [0.717, 1.165) is 0 Å². The van der Waals surface area contributed by atoms with Crippen LogP contribution in [0.25, 0.3) is 0 Å². The summed E-state index contributed by atoms with van der Waals surface area (Å²) in [6.45, 7) is 0. The van der Waals surface area contributed by atoms with Crippen LogP contribution in [0.4, 0.5) is 0 Å². The molecule has 1 nitrogen and oxygen atoms in total. The molecule has 0 unspecified atom stereocenters. The second kappa shape index (κ2) is 3.96. The number of phenols is 1. The summed E-state index contributed by atoms with van der Waals surface area (Å²) in [7, 11) is 0. The summed E-state index contributed by atoms with van der Waals surface area (Å²) in [4.78, 5) is 0. The van der Waals surface area contributed by atoms with Gasteiger partial charge in [-0.05, 0) is 18.2 Å². The summed E-state index contributed by atoms with van der Waals surface area (Å²) in [5.41, 5.74) is 0. The highest BCUT2D eigenvalue weighted by Crippen LogP contribution is 2.22. The van der Waals surface area contributed by atoms with Gasteiger partial charge in [0, 0.05) is 10.0 Å². The van der Waals surface area contributed by atoms with Crippen molar-refractivity contribution in [1.82, 2.24) is 0 Å². The average Bonchev–Trinajstić information content (AvgIpc) is 1.59. The third kappa shape index (κ3) is 2.69. The highest BCUT2D eigenvalue weighted by atomic mass is 35.5. The molecule has 4 heteroatoms. The minimum Gasteiger partial charge on any atom is -0.508 e. The zero-order valence-electron chi connectivity index (χ0n) is 4.94. The van der Waals surface area contributed by atoms with E-state index < -0.39 is 0 Å². The van der Waals surface area contributed by atoms with Gasteiger partial charge >= 0.3 is 0 Å². The van der Waals surface area contributed by atoms with Crippen LogP contribution >= 0.6 is 36.7 Å². The van der Waals surface area contributed by atoms with Gasteiger partial charge < -0.3 is 5.11 Å². The maximum atomic E-state index is 8.82. The fourth-order valence-corrected chi connectivity index (χ4v) is 1.05. The Bertz CT molecular complexity index is 177. The lowest BCUT2D eigenvalue weighted by molar-refractivity contribution is 0.475. The number of aromatic hydroxyl groups is 1. The van der Waals surface area contributed by atoms with Crippen LogP contribution in [0.15, 0.2) is 18.2 Å². The normalized spacial score (nSPS) is 8.60. The molecule has 1 rings (SSSR count). The molecule has 0 aliphatic carbocycles. The lowest BCUT2D eigenvalue weighted by atomic mass is 10.3. The van der Waals surface area contributed by atoms with Gasteiger partial charge in [0.1, 0.15) is 5.75 Å². The van der Waals surface area contributed by atoms with Crippen LogP contribution < -0.4 is 0 Å². The monoisotopic (exact) mass is 196 g/mol. The van der Waals surface area contributed by atoms with Crippen molar-refractivity contribution < 1.29 is 5.11 Å². The summed E-state index contributed by atoms with van der Waals surface area (Å²) in [5, 5.41) is 9.71. The summed E-state index contributed by atoms with van der Waals surface area (Å²) in [5.74, 6) is 0.0903. The molecule has 0 heterocycles. The van der Waals surface area contributed by atoms with Gasteiger partial charge in [0.2, 0.25) is 0 Å². The second-order valence-electron chi connectivity index (χ2n) is 1.63. The van der Waals surface area contributed by atoms with Crippen molar-refractivity contribution in [3.8, 4) is 5.75 Å². The first-order chi connectivity index (χ1) is 4.18. The molecule has 0 saturated heterocycles. The van der Waals surface area contributed by atoms with Gasteiger partial charge in [-0.3, -0.25) is 0 Å². The SMILES string of the molecule is Oc1cc(Cl)cc(Cl)c1.S. The molecule has 0 radical (unpaired) electrons. The third-order valence-electron chi connectivity index (χ3n) is 0.847. The standard InChI is InChI=1S/C6H4Cl2O.H2S/c7-4-1-5(8)3-6(9)2-4;/h1-3,9H;1H2. The van der Waals surface area contributed by atoms with E-state index in [1.54, 1.807) is 6.07 Å². The van der Waals surface area contributed by atoms with Gasteiger partial charge in [0.05, 0.1) is 0 Å². The Morgan fingerprint density at radius 2 is 1.40 bits per heavy atom. The zero-order chi connectivity index (χ0) is 6.85. The molecule has 0 bridgehead atoms. The number of benzene rings is 1. The van der Waals surface area contributed by atoms with Crippen molar-refractivity contribution in [2.75, 3.05) is 0 Å². The largest absolute Gasteiger partial charge is 0.508 e. The molecule has 10 heavy (non-hydrogen) atoms. The Labute approximate surface area is 76.0 Å². The lowest BCUT2D eigenvalue weighted by Crippen LogP contribution is -1.65. The van der Waals surface area contributed by atoms with E-state index in [9.17, 15) is 0 Å². The predicted octanol–water partition coefficient (Wildman–Crippen LogP) is 2.81. The van der Waals surface area contributed by atoms with Gasteiger partial charge in [-0.15, -0.1) is 0 Å². The second-order valence-corrected chi connectivity index (χ2v) is 2.50. The quantitative estimate of drug-likeness (QED) is 0.677.